The fraction of sp³-hybridized carbons (Fsp3) is 0.375. The first-order valence-electron chi connectivity index (χ1n) is 6.88. The Morgan fingerprint density at radius 1 is 1.43 bits per heavy atom. The minimum Gasteiger partial charge on any atom is -0.385 e. The number of fused-ring (bicyclic) bond motifs is 1. The normalized spacial score (nSPS) is 12.4. The Bertz CT molecular complexity index is 653. The van der Waals surface area contributed by atoms with Crippen LogP contribution in [0.1, 0.15) is 29.4 Å². The highest BCUT2D eigenvalue weighted by molar-refractivity contribution is 6.06. The summed E-state index contributed by atoms with van der Waals surface area (Å²) in [5, 5.41) is 3.58. The van der Waals surface area contributed by atoms with E-state index in [2.05, 4.69) is 10.3 Å². The van der Waals surface area contributed by atoms with Gasteiger partial charge >= 0.3 is 0 Å². The third-order valence-corrected chi connectivity index (χ3v) is 3.28. The van der Waals surface area contributed by atoms with Crippen LogP contribution in [0.3, 0.4) is 0 Å². The molecule has 0 unspecified atom stereocenters. The number of hydrogen-bond donors (Lipinski definition) is 1. The highest BCUT2D eigenvalue weighted by atomic mass is 19.1. The smallest absolute Gasteiger partial charge is 0.252 e. The van der Waals surface area contributed by atoms with Crippen molar-refractivity contribution in [2.45, 2.75) is 26.3 Å². The molecule has 1 atom stereocenters. The molecule has 0 radical (unpaired) electrons. The van der Waals surface area contributed by atoms with Crippen LogP contribution in [-0.2, 0) is 4.74 Å². The van der Waals surface area contributed by atoms with Gasteiger partial charge in [-0.3, -0.25) is 9.78 Å². The predicted molar refractivity (Wildman–Crippen MR) is 79.9 cm³/mol. The van der Waals surface area contributed by atoms with E-state index in [1.54, 1.807) is 26.2 Å². The molecule has 2 rings (SSSR count). The van der Waals surface area contributed by atoms with Gasteiger partial charge in [-0.25, -0.2) is 4.39 Å². The van der Waals surface area contributed by atoms with Gasteiger partial charge in [0.05, 0.1) is 11.1 Å². The number of carbonyl (C=O) groups is 1. The quantitative estimate of drug-likeness (QED) is 0.921. The van der Waals surface area contributed by atoms with Gasteiger partial charge in [0.2, 0.25) is 0 Å². The van der Waals surface area contributed by atoms with Gasteiger partial charge in [0, 0.05) is 36.9 Å². The van der Waals surface area contributed by atoms with Crippen LogP contribution in [-0.4, -0.2) is 30.6 Å². The number of aromatic nitrogens is 1. The zero-order chi connectivity index (χ0) is 15.4. The summed E-state index contributed by atoms with van der Waals surface area (Å²) in [7, 11) is 1.63. The molecule has 21 heavy (non-hydrogen) atoms. The topological polar surface area (TPSA) is 51.2 Å². The Kier molecular flexibility index (Phi) is 4.85. The molecule has 5 heteroatoms. The zero-order valence-electron chi connectivity index (χ0n) is 12.4. The minimum absolute atomic E-state index is 0.00131. The van der Waals surface area contributed by atoms with Gasteiger partial charge in [-0.2, -0.15) is 0 Å². The Balaban J connectivity index is 2.30. The van der Waals surface area contributed by atoms with Crippen molar-refractivity contribution in [3.63, 3.8) is 0 Å². The van der Waals surface area contributed by atoms with E-state index in [-0.39, 0.29) is 17.8 Å². The van der Waals surface area contributed by atoms with Crippen molar-refractivity contribution in [2.75, 3.05) is 13.7 Å². The number of ether oxygens (including phenoxy) is 1. The van der Waals surface area contributed by atoms with Crippen molar-refractivity contribution >= 4 is 16.8 Å². The molecule has 0 aliphatic rings. The average molecular weight is 290 g/mol. The first kappa shape index (κ1) is 15.4. The maximum Gasteiger partial charge on any atom is 0.252 e. The number of carbonyl (C=O) groups excluding carboxylic acids is 1. The van der Waals surface area contributed by atoms with Gasteiger partial charge in [-0.05, 0) is 38.5 Å². The van der Waals surface area contributed by atoms with E-state index >= 15 is 0 Å². The summed E-state index contributed by atoms with van der Waals surface area (Å²) in [4.78, 5) is 16.7. The molecular formula is C16H19FN2O2. The monoisotopic (exact) mass is 290 g/mol. The number of nitrogens with one attached hydrogen (secondary N) is 1. The molecule has 0 saturated carbocycles. The van der Waals surface area contributed by atoms with Crippen molar-refractivity contribution in [1.29, 1.82) is 0 Å². The number of hydrogen-bond acceptors (Lipinski definition) is 3. The summed E-state index contributed by atoms with van der Waals surface area (Å²) in [5.74, 6) is -0.541. The van der Waals surface area contributed by atoms with Crippen molar-refractivity contribution < 1.29 is 13.9 Å². The molecule has 0 fully saturated rings. The number of rotatable bonds is 5. The van der Waals surface area contributed by atoms with Crippen LogP contribution in [0.2, 0.25) is 0 Å². The molecule has 0 saturated heterocycles. The van der Waals surface area contributed by atoms with Crippen LogP contribution >= 0.6 is 0 Å². The van der Waals surface area contributed by atoms with E-state index in [9.17, 15) is 9.18 Å². The second kappa shape index (κ2) is 6.63. The van der Waals surface area contributed by atoms with Gasteiger partial charge in [-0.1, -0.05) is 0 Å². The first-order chi connectivity index (χ1) is 10.0. The van der Waals surface area contributed by atoms with Crippen molar-refractivity contribution in [3.8, 4) is 0 Å². The standard InChI is InChI=1S/C16H19FN2O2/c1-10(6-7-21-3)19-16(20)14-8-11(2)18-15-9-12(17)4-5-13(14)15/h4-5,8-10H,6-7H2,1-3H3,(H,19,20)/t10-/m0/s1. The summed E-state index contributed by atoms with van der Waals surface area (Å²) in [6.07, 6.45) is 0.735. The van der Waals surface area contributed by atoms with E-state index in [0.717, 1.165) is 6.42 Å². The van der Waals surface area contributed by atoms with Crippen LogP contribution in [0.5, 0.6) is 0 Å². The lowest BCUT2D eigenvalue weighted by Gasteiger charge is -2.14. The predicted octanol–water partition coefficient (Wildman–Crippen LogP) is 2.84. The number of pyridine rings is 1. The average Bonchev–Trinajstić information content (AvgIpc) is 2.43. The zero-order valence-corrected chi connectivity index (χ0v) is 12.4. The van der Waals surface area contributed by atoms with E-state index in [4.69, 9.17) is 4.74 Å². The van der Waals surface area contributed by atoms with Crippen LogP contribution in [0.15, 0.2) is 24.3 Å². The Hall–Kier alpha value is -2.01. The van der Waals surface area contributed by atoms with Gasteiger partial charge in [0.25, 0.3) is 5.91 Å². The number of aryl methyl sites for hydroxylation is 1. The molecule has 0 bridgehead atoms. The van der Waals surface area contributed by atoms with E-state index < -0.39 is 0 Å². The molecule has 1 aromatic heterocycles. The number of benzene rings is 1. The summed E-state index contributed by atoms with van der Waals surface area (Å²) in [6, 6.07) is 5.99. The summed E-state index contributed by atoms with van der Waals surface area (Å²) >= 11 is 0. The van der Waals surface area contributed by atoms with Crippen LogP contribution in [0, 0.1) is 12.7 Å². The fourth-order valence-corrected chi connectivity index (χ4v) is 2.19. The highest BCUT2D eigenvalue weighted by Crippen LogP contribution is 2.19. The van der Waals surface area contributed by atoms with Gasteiger partial charge in [0.15, 0.2) is 0 Å². The number of methoxy groups -OCH3 is 1. The van der Waals surface area contributed by atoms with E-state index in [0.29, 0.717) is 28.8 Å². The van der Waals surface area contributed by atoms with E-state index in [1.165, 1.54) is 12.1 Å². The van der Waals surface area contributed by atoms with E-state index in [1.807, 2.05) is 6.92 Å². The lowest BCUT2D eigenvalue weighted by Crippen LogP contribution is -2.33. The molecule has 0 spiro atoms. The van der Waals surface area contributed by atoms with Gasteiger partial charge < -0.3 is 10.1 Å². The third-order valence-electron chi connectivity index (χ3n) is 3.28. The van der Waals surface area contributed by atoms with Gasteiger partial charge in [0.1, 0.15) is 5.82 Å². The maximum absolute atomic E-state index is 13.3. The largest absolute Gasteiger partial charge is 0.385 e. The molecule has 0 aliphatic carbocycles. The number of nitrogens with zero attached hydrogens (tertiary/aromatic N) is 1. The third kappa shape index (κ3) is 3.76. The molecule has 0 aliphatic heterocycles. The summed E-state index contributed by atoms with van der Waals surface area (Å²) in [6.45, 7) is 4.30. The summed E-state index contributed by atoms with van der Waals surface area (Å²) in [5.41, 5.74) is 1.69. The van der Waals surface area contributed by atoms with Crippen LogP contribution < -0.4 is 5.32 Å². The molecule has 1 N–H and O–H groups in total. The highest BCUT2D eigenvalue weighted by Gasteiger charge is 2.14. The molecule has 2 aromatic rings. The molecule has 1 heterocycles. The van der Waals surface area contributed by atoms with Crippen LogP contribution in [0.4, 0.5) is 4.39 Å². The van der Waals surface area contributed by atoms with Crippen molar-refractivity contribution in [1.82, 2.24) is 10.3 Å². The number of amides is 1. The summed E-state index contributed by atoms with van der Waals surface area (Å²) < 4.78 is 18.3. The minimum atomic E-state index is -0.361. The maximum atomic E-state index is 13.3. The van der Waals surface area contributed by atoms with Crippen LogP contribution in [0.25, 0.3) is 10.9 Å². The lowest BCUT2D eigenvalue weighted by molar-refractivity contribution is 0.0931. The Morgan fingerprint density at radius 2 is 2.19 bits per heavy atom. The Morgan fingerprint density at radius 3 is 2.90 bits per heavy atom. The first-order valence-corrected chi connectivity index (χ1v) is 6.88. The number of halogens is 1. The SMILES string of the molecule is COCC[C@H](C)NC(=O)c1cc(C)nc2cc(F)ccc12. The van der Waals surface area contributed by atoms with Crippen molar-refractivity contribution in [2.24, 2.45) is 0 Å². The molecule has 1 aromatic carbocycles. The van der Waals surface area contributed by atoms with Gasteiger partial charge in [-0.15, -0.1) is 0 Å². The fourth-order valence-electron chi connectivity index (χ4n) is 2.19. The molecule has 112 valence electrons. The molecular weight excluding hydrogens is 271 g/mol. The van der Waals surface area contributed by atoms with Crippen molar-refractivity contribution in [3.05, 3.63) is 41.3 Å². The molecule has 4 nitrogen and oxygen atoms in total. The second-order valence-corrected chi connectivity index (χ2v) is 5.13. The second-order valence-electron chi connectivity index (χ2n) is 5.13. The Labute approximate surface area is 123 Å². The lowest BCUT2D eigenvalue weighted by atomic mass is 10.1. The molecule has 1 amide bonds.